The number of anilines is 1. The van der Waals surface area contributed by atoms with Crippen molar-refractivity contribution < 1.29 is 14.5 Å². The number of benzene rings is 2. The summed E-state index contributed by atoms with van der Waals surface area (Å²) >= 11 is 0. The first-order valence-corrected chi connectivity index (χ1v) is 7.80. The average Bonchev–Trinajstić information content (AvgIpc) is 2.62. The van der Waals surface area contributed by atoms with Gasteiger partial charge in [0, 0.05) is 23.4 Å². The number of nitrogens with zero attached hydrogens (tertiary/aromatic N) is 2. The predicted molar refractivity (Wildman–Crippen MR) is 96.9 cm³/mol. The fourth-order valence-corrected chi connectivity index (χ4v) is 2.27. The first kappa shape index (κ1) is 18.7. The highest BCUT2D eigenvalue weighted by Crippen LogP contribution is 2.25. The molecular formula is C19H17N3O4. The van der Waals surface area contributed by atoms with Crippen LogP contribution in [0.4, 0.5) is 11.4 Å². The van der Waals surface area contributed by atoms with Crippen molar-refractivity contribution in [2.24, 2.45) is 0 Å². The third-order valence-electron chi connectivity index (χ3n) is 3.50. The molecule has 26 heavy (non-hydrogen) atoms. The molecule has 0 saturated heterocycles. The van der Waals surface area contributed by atoms with Crippen LogP contribution in [0.3, 0.4) is 0 Å². The number of carbonyl (C=O) groups is 1. The highest BCUT2D eigenvalue weighted by atomic mass is 16.6. The van der Waals surface area contributed by atoms with Crippen LogP contribution in [0.1, 0.15) is 11.1 Å². The van der Waals surface area contributed by atoms with Crippen LogP contribution in [-0.2, 0) is 17.6 Å². The molecule has 0 heterocycles. The molecule has 2 rings (SSSR count). The lowest BCUT2D eigenvalue weighted by Crippen LogP contribution is -2.20. The van der Waals surface area contributed by atoms with E-state index in [0.29, 0.717) is 29.8 Å². The van der Waals surface area contributed by atoms with Crippen molar-refractivity contribution in [3.63, 3.8) is 0 Å². The lowest BCUT2D eigenvalue weighted by molar-refractivity contribution is -0.384. The fourth-order valence-electron chi connectivity index (χ4n) is 2.27. The summed E-state index contributed by atoms with van der Waals surface area (Å²) in [5.74, 6) is 0.0379. The number of nitro groups is 1. The van der Waals surface area contributed by atoms with Crippen LogP contribution < -0.4 is 10.1 Å². The van der Waals surface area contributed by atoms with Gasteiger partial charge >= 0.3 is 0 Å². The van der Waals surface area contributed by atoms with Gasteiger partial charge in [0.15, 0.2) is 6.61 Å². The van der Waals surface area contributed by atoms with E-state index in [9.17, 15) is 14.9 Å². The molecule has 2 aromatic carbocycles. The summed E-state index contributed by atoms with van der Waals surface area (Å²) in [5, 5.41) is 22.2. The number of carbonyl (C=O) groups excluding carboxylic acids is 1. The maximum atomic E-state index is 12.0. The number of hydrogen-bond acceptors (Lipinski definition) is 5. The Morgan fingerprint density at radius 2 is 2.04 bits per heavy atom. The largest absolute Gasteiger partial charge is 0.483 e. The third kappa shape index (κ3) is 5.18. The molecule has 1 N–H and O–H groups in total. The highest BCUT2D eigenvalue weighted by molar-refractivity contribution is 5.91. The Hall–Kier alpha value is -3.66. The van der Waals surface area contributed by atoms with Gasteiger partial charge in [-0.05, 0) is 30.2 Å². The van der Waals surface area contributed by atoms with Crippen LogP contribution in [0.15, 0.2) is 55.1 Å². The van der Waals surface area contributed by atoms with E-state index in [2.05, 4.69) is 18.0 Å². The molecule has 7 nitrogen and oxygen atoms in total. The second-order valence-electron chi connectivity index (χ2n) is 5.41. The molecule has 0 saturated carbocycles. The Balaban J connectivity index is 1.99. The van der Waals surface area contributed by atoms with E-state index in [1.165, 1.54) is 18.2 Å². The molecule has 1 amide bonds. The number of non-ortho nitro benzene ring substituents is 1. The van der Waals surface area contributed by atoms with Crippen molar-refractivity contribution in [2.75, 3.05) is 11.9 Å². The summed E-state index contributed by atoms with van der Waals surface area (Å²) in [6, 6.07) is 13.2. The quantitative estimate of drug-likeness (QED) is 0.446. The molecular weight excluding hydrogens is 334 g/mol. The van der Waals surface area contributed by atoms with Crippen molar-refractivity contribution in [3.8, 4) is 11.8 Å². The summed E-state index contributed by atoms with van der Waals surface area (Å²) in [4.78, 5) is 22.4. The Morgan fingerprint density at radius 1 is 1.31 bits per heavy atom. The SMILES string of the molecule is C=CCc1cc([N+](=O)[O-])ccc1OCC(=O)Nc1ccc(CC#N)cc1. The van der Waals surface area contributed by atoms with E-state index in [4.69, 9.17) is 10.00 Å². The van der Waals surface area contributed by atoms with Gasteiger partial charge in [-0.3, -0.25) is 14.9 Å². The molecule has 0 unspecified atom stereocenters. The van der Waals surface area contributed by atoms with Crippen LogP contribution >= 0.6 is 0 Å². The van der Waals surface area contributed by atoms with Crippen molar-refractivity contribution in [1.82, 2.24) is 0 Å². The van der Waals surface area contributed by atoms with Crippen molar-refractivity contribution >= 4 is 17.3 Å². The van der Waals surface area contributed by atoms with Gasteiger partial charge in [-0.15, -0.1) is 6.58 Å². The van der Waals surface area contributed by atoms with E-state index in [0.717, 1.165) is 5.56 Å². The number of rotatable bonds is 8. The van der Waals surface area contributed by atoms with E-state index >= 15 is 0 Å². The number of nitrogens with one attached hydrogen (secondary N) is 1. The van der Waals surface area contributed by atoms with Crippen LogP contribution in [-0.4, -0.2) is 17.4 Å². The number of allylic oxidation sites excluding steroid dienone is 1. The van der Waals surface area contributed by atoms with Crippen LogP contribution in [0.5, 0.6) is 5.75 Å². The zero-order chi connectivity index (χ0) is 18.9. The summed E-state index contributed by atoms with van der Waals surface area (Å²) in [6.45, 7) is 3.38. The molecule has 0 spiro atoms. The minimum absolute atomic E-state index is 0.0453. The topological polar surface area (TPSA) is 105 Å². The first-order chi connectivity index (χ1) is 12.5. The first-order valence-electron chi connectivity index (χ1n) is 7.80. The van der Waals surface area contributed by atoms with Gasteiger partial charge in [0.25, 0.3) is 11.6 Å². The lowest BCUT2D eigenvalue weighted by Gasteiger charge is -2.11. The minimum atomic E-state index is -0.487. The zero-order valence-electron chi connectivity index (χ0n) is 14.0. The average molecular weight is 351 g/mol. The monoisotopic (exact) mass is 351 g/mol. The molecule has 0 aliphatic rings. The minimum Gasteiger partial charge on any atom is -0.483 e. The molecule has 0 atom stereocenters. The third-order valence-corrected chi connectivity index (χ3v) is 3.50. The summed E-state index contributed by atoms with van der Waals surface area (Å²) in [6.07, 6.45) is 2.30. The Kier molecular flexibility index (Phi) is 6.46. The molecule has 0 aliphatic carbocycles. The van der Waals surface area contributed by atoms with E-state index in [1.807, 2.05) is 0 Å². The molecule has 132 valence electrons. The van der Waals surface area contributed by atoms with Gasteiger partial charge in [-0.25, -0.2) is 0 Å². The molecule has 0 aliphatic heterocycles. The molecule has 0 radical (unpaired) electrons. The van der Waals surface area contributed by atoms with Crippen LogP contribution in [0.2, 0.25) is 0 Å². The summed E-state index contributed by atoms with van der Waals surface area (Å²) in [7, 11) is 0. The number of nitro benzene ring substituents is 1. The standard InChI is InChI=1S/C19H17N3O4/c1-2-3-15-12-17(22(24)25)8-9-18(15)26-13-19(23)21-16-6-4-14(5-7-16)10-11-20/h2,4-9,12H,1,3,10,13H2,(H,21,23). The Labute approximate surface area is 150 Å². The molecule has 0 fully saturated rings. The Morgan fingerprint density at radius 3 is 2.65 bits per heavy atom. The van der Waals surface area contributed by atoms with Gasteiger partial charge in [0.05, 0.1) is 17.4 Å². The normalized spacial score (nSPS) is 9.81. The summed E-state index contributed by atoms with van der Waals surface area (Å²) in [5.41, 5.74) is 2.00. The number of hydrogen-bond donors (Lipinski definition) is 1. The van der Waals surface area contributed by atoms with E-state index in [-0.39, 0.29) is 18.2 Å². The van der Waals surface area contributed by atoms with Crippen molar-refractivity contribution in [3.05, 3.63) is 76.4 Å². The number of nitriles is 1. The maximum absolute atomic E-state index is 12.0. The van der Waals surface area contributed by atoms with Gasteiger partial charge in [-0.2, -0.15) is 5.26 Å². The Bertz CT molecular complexity index is 854. The van der Waals surface area contributed by atoms with E-state index < -0.39 is 4.92 Å². The molecule has 0 bridgehead atoms. The zero-order valence-corrected chi connectivity index (χ0v) is 14.0. The number of amides is 1. The van der Waals surface area contributed by atoms with Gasteiger partial charge < -0.3 is 10.1 Å². The van der Waals surface area contributed by atoms with E-state index in [1.54, 1.807) is 30.3 Å². The number of ether oxygens (including phenoxy) is 1. The fraction of sp³-hybridized carbons (Fsp3) is 0.158. The van der Waals surface area contributed by atoms with Crippen molar-refractivity contribution in [1.29, 1.82) is 5.26 Å². The predicted octanol–water partition coefficient (Wildman–Crippen LogP) is 3.41. The second kappa shape index (κ2) is 8.99. The molecule has 2 aromatic rings. The highest BCUT2D eigenvalue weighted by Gasteiger charge is 2.12. The van der Waals surface area contributed by atoms with Gasteiger partial charge in [0.1, 0.15) is 5.75 Å². The summed E-state index contributed by atoms with van der Waals surface area (Å²) < 4.78 is 5.50. The maximum Gasteiger partial charge on any atom is 0.269 e. The van der Waals surface area contributed by atoms with Crippen molar-refractivity contribution in [2.45, 2.75) is 12.8 Å². The van der Waals surface area contributed by atoms with Crippen LogP contribution in [0.25, 0.3) is 0 Å². The molecule has 7 heteroatoms. The van der Waals surface area contributed by atoms with Gasteiger partial charge in [0.2, 0.25) is 0 Å². The second-order valence-corrected chi connectivity index (χ2v) is 5.41. The lowest BCUT2D eigenvalue weighted by atomic mass is 10.1. The van der Waals surface area contributed by atoms with Crippen LogP contribution in [0, 0.1) is 21.4 Å². The van der Waals surface area contributed by atoms with Gasteiger partial charge in [-0.1, -0.05) is 18.2 Å². The molecule has 0 aromatic heterocycles. The smallest absolute Gasteiger partial charge is 0.269 e.